The lowest BCUT2D eigenvalue weighted by Crippen LogP contribution is -2.29. The fourth-order valence-electron chi connectivity index (χ4n) is 1.11. The minimum absolute atomic E-state index is 0.176. The molecule has 1 heterocycles. The Morgan fingerprint density at radius 1 is 1.47 bits per heavy atom. The van der Waals surface area contributed by atoms with Crippen LogP contribution in [-0.4, -0.2) is 40.5 Å². The van der Waals surface area contributed by atoms with E-state index in [9.17, 15) is 4.79 Å². The molecule has 3 N–H and O–H groups in total. The average Bonchev–Trinajstić information content (AvgIpc) is 2.34. The Balaban J connectivity index is 2.31. The molecule has 1 amide bonds. The molecule has 0 saturated heterocycles. The van der Waals surface area contributed by atoms with Crippen LogP contribution in [0, 0.1) is 5.92 Å². The fraction of sp³-hybridized carbons (Fsp3) is 0.500. The summed E-state index contributed by atoms with van der Waals surface area (Å²) in [6.45, 7) is 2.98. The molecular formula is C10H16N4O2S. The zero-order valence-electron chi connectivity index (χ0n) is 9.80. The molecule has 0 spiro atoms. The summed E-state index contributed by atoms with van der Waals surface area (Å²) in [5.41, 5.74) is 0. The lowest BCUT2D eigenvalue weighted by molar-refractivity contribution is 0.193. The van der Waals surface area contributed by atoms with Crippen molar-refractivity contribution in [2.24, 2.45) is 5.92 Å². The summed E-state index contributed by atoms with van der Waals surface area (Å²) in [6.07, 6.45) is 4.46. The third kappa shape index (κ3) is 5.39. The Labute approximate surface area is 104 Å². The van der Waals surface area contributed by atoms with E-state index in [0.717, 1.165) is 4.90 Å². The van der Waals surface area contributed by atoms with Crippen LogP contribution in [0.3, 0.4) is 0 Å². The van der Waals surface area contributed by atoms with Crippen LogP contribution >= 0.6 is 11.8 Å². The highest BCUT2D eigenvalue weighted by atomic mass is 32.2. The van der Waals surface area contributed by atoms with E-state index in [4.69, 9.17) is 5.11 Å². The molecule has 0 aliphatic rings. The fourth-order valence-corrected chi connectivity index (χ4v) is 1.43. The van der Waals surface area contributed by atoms with Gasteiger partial charge in [0.05, 0.1) is 0 Å². The SMILES string of the molecule is CSc1cnc(NC[C@H](C)CNC(=O)O)nc1. The monoisotopic (exact) mass is 256 g/mol. The minimum Gasteiger partial charge on any atom is -0.465 e. The van der Waals surface area contributed by atoms with Crippen LogP contribution in [0.5, 0.6) is 0 Å². The number of anilines is 1. The van der Waals surface area contributed by atoms with E-state index in [1.54, 1.807) is 24.2 Å². The summed E-state index contributed by atoms with van der Waals surface area (Å²) in [7, 11) is 0. The lowest BCUT2D eigenvalue weighted by atomic mass is 10.2. The van der Waals surface area contributed by atoms with Gasteiger partial charge in [-0.1, -0.05) is 6.92 Å². The van der Waals surface area contributed by atoms with Crippen molar-refractivity contribution in [3.05, 3.63) is 12.4 Å². The molecule has 0 fully saturated rings. The van der Waals surface area contributed by atoms with Gasteiger partial charge in [0.1, 0.15) is 0 Å². The maximum atomic E-state index is 10.3. The molecule has 94 valence electrons. The summed E-state index contributed by atoms with van der Waals surface area (Å²) in [6, 6.07) is 0. The van der Waals surface area contributed by atoms with Gasteiger partial charge in [0.15, 0.2) is 0 Å². The first-order chi connectivity index (χ1) is 8.11. The van der Waals surface area contributed by atoms with Gasteiger partial charge in [-0.3, -0.25) is 0 Å². The first-order valence-corrected chi connectivity index (χ1v) is 6.41. The normalized spacial score (nSPS) is 11.9. The summed E-state index contributed by atoms with van der Waals surface area (Å²) in [5.74, 6) is 0.736. The van der Waals surface area contributed by atoms with E-state index in [1.165, 1.54) is 0 Å². The van der Waals surface area contributed by atoms with E-state index in [-0.39, 0.29) is 5.92 Å². The molecule has 17 heavy (non-hydrogen) atoms. The number of nitrogens with zero attached hydrogens (tertiary/aromatic N) is 2. The van der Waals surface area contributed by atoms with Gasteiger partial charge in [-0.25, -0.2) is 14.8 Å². The second kappa shape index (κ2) is 6.95. The Morgan fingerprint density at radius 3 is 2.65 bits per heavy atom. The Morgan fingerprint density at radius 2 is 2.12 bits per heavy atom. The molecule has 0 bridgehead atoms. The van der Waals surface area contributed by atoms with E-state index in [1.807, 2.05) is 13.2 Å². The molecule has 1 rings (SSSR count). The van der Waals surface area contributed by atoms with Gasteiger partial charge < -0.3 is 15.7 Å². The molecule has 0 aliphatic carbocycles. The second-order valence-electron chi connectivity index (χ2n) is 3.62. The third-order valence-electron chi connectivity index (χ3n) is 2.07. The van der Waals surface area contributed by atoms with Crippen molar-refractivity contribution in [3.63, 3.8) is 0 Å². The van der Waals surface area contributed by atoms with Crippen LogP contribution < -0.4 is 10.6 Å². The number of hydrogen-bond donors (Lipinski definition) is 3. The largest absolute Gasteiger partial charge is 0.465 e. The third-order valence-corrected chi connectivity index (χ3v) is 2.76. The van der Waals surface area contributed by atoms with Crippen molar-refractivity contribution >= 4 is 23.8 Å². The second-order valence-corrected chi connectivity index (χ2v) is 4.50. The Hall–Kier alpha value is -1.50. The molecule has 0 unspecified atom stereocenters. The smallest absolute Gasteiger partial charge is 0.404 e. The van der Waals surface area contributed by atoms with Crippen LogP contribution in [0.25, 0.3) is 0 Å². The molecule has 6 nitrogen and oxygen atoms in total. The maximum Gasteiger partial charge on any atom is 0.404 e. The number of amides is 1. The highest BCUT2D eigenvalue weighted by molar-refractivity contribution is 7.98. The van der Waals surface area contributed by atoms with Crippen molar-refractivity contribution < 1.29 is 9.90 Å². The van der Waals surface area contributed by atoms with E-state index >= 15 is 0 Å². The van der Waals surface area contributed by atoms with Gasteiger partial charge in [0, 0.05) is 30.4 Å². The number of nitrogens with one attached hydrogen (secondary N) is 2. The number of hydrogen-bond acceptors (Lipinski definition) is 5. The molecule has 7 heteroatoms. The minimum atomic E-state index is -1.00. The quantitative estimate of drug-likeness (QED) is 0.669. The summed E-state index contributed by atoms with van der Waals surface area (Å²) in [5, 5.41) is 13.8. The molecule has 0 radical (unpaired) electrons. The highest BCUT2D eigenvalue weighted by Gasteiger charge is 2.04. The molecule has 1 aromatic rings. The first kappa shape index (κ1) is 13.6. The number of aromatic nitrogens is 2. The van der Waals surface area contributed by atoms with Gasteiger partial charge in [0.25, 0.3) is 0 Å². The zero-order chi connectivity index (χ0) is 12.7. The number of carbonyl (C=O) groups is 1. The predicted molar refractivity (Wildman–Crippen MR) is 67.5 cm³/mol. The number of carboxylic acid groups (broad SMARTS) is 1. The molecule has 0 aliphatic heterocycles. The van der Waals surface area contributed by atoms with Gasteiger partial charge in [-0.05, 0) is 12.2 Å². The van der Waals surface area contributed by atoms with Gasteiger partial charge in [-0.15, -0.1) is 11.8 Å². The molecule has 1 atom stereocenters. The van der Waals surface area contributed by atoms with Crippen LogP contribution in [0.1, 0.15) is 6.92 Å². The van der Waals surface area contributed by atoms with Gasteiger partial charge in [-0.2, -0.15) is 0 Å². The molecular weight excluding hydrogens is 240 g/mol. The van der Waals surface area contributed by atoms with Crippen LogP contribution in [0.4, 0.5) is 10.7 Å². The van der Waals surface area contributed by atoms with Crippen LogP contribution in [0.15, 0.2) is 17.3 Å². The summed E-state index contributed by atoms with van der Waals surface area (Å²) >= 11 is 1.59. The van der Waals surface area contributed by atoms with E-state index in [2.05, 4.69) is 20.6 Å². The standard InChI is InChI=1S/C10H16N4O2S/c1-7(4-14-10(15)16)3-11-9-12-5-8(17-2)6-13-9/h5-7,14H,3-4H2,1-2H3,(H,15,16)(H,11,12,13)/t7-/m0/s1. The molecule has 0 saturated carbocycles. The predicted octanol–water partition coefficient (Wildman–Crippen LogP) is 1.51. The van der Waals surface area contributed by atoms with Gasteiger partial charge >= 0.3 is 6.09 Å². The van der Waals surface area contributed by atoms with Gasteiger partial charge in [0.2, 0.25) is 5.95 Å². The van der Waals surface area contributed by atoms with Crippen LogP contribution in [0.2, 0.25) is 0 Å². The van der Waals surface area contributed by atoms with Crippen molar-refractivity contribution in [1.82, 2.24) is 15.3 Å². The van der Waals surface area contributed by atoms with Crippen LogP contribution in [-0.2, 0) is 0 Å². The first-order valence-electron chi connectivity index (χ1n) is 5.18. The summed E-state index contributed by atoms with van der Waals surface area (Å²) < 4.78 is 0. The van der Waals surface area contributed by atoms with Crippen molar-refractivity contribution in [1.29, 1.82) is 0 Å². The molecule has 0 aromatic carbocycles. The zero-order valence-corrected chi connectivity index (χ0v) is 10.6. The molecule has 1 aromatic heterocycles. The lowest BCUT2D eigenvalue weighted by Gasteiger charge is -2.12. The highest BCUT2D eigenvalue weighted by Crippen LogP contribution is 2.11. The van der Waals surface area contributed by atoms with Crippen molar-refractivity contribution in [2.45, 2.75) is 11.8 Å². The number of thioether (sulfide) groups is 1. The van der Waals surface area contributed by atoms with E-state index in [0.29, 0.717) is 19.0 Å². The average molecular weight is 256 g/mol. The summed E-state index contributed by atoms with van der Waals surface area (Å²) in [4.78, 5) is 19.6. The van der Waals surface area contributed by atoms with E-state index < -0.39 is 6.09 Å². The van der Waals surface area contributed by atoms with Crippen molar-refractivity contribution in [2.75, 3.05) is 24.7 Å². The topological polar surface area (TPSA) is 87.1 Å². The maximum absolute atomic E-state index is 10.3. The number of rotatable bonds is 6. The Bertz CT molecular complexity index is 358. The van der Waals surface area contributed by atoms with Crippen molar-refractivity contribution in [3.8, 4) is 0 Å². The Kier molecular flexibility index (Phi) is 5.55.